The Bertz CT molecular complexity index is 616. The Morgan fingerprint density at radius 1 is 1.05 bits per heavy atom. The molecule has 22 heavy (non-hydrogen) atoms. The van der Waals surface area contributed by atoms with Crippen LogP contribution in [0.25, 0.3) is 0 Å². The average molecular weight is 298 g/mol. The molecular weight excluding hydrogens is 276 g/mol. The third-order valence-corrected chi connectivity index (χ3v) is 3.36. The lowest BCUT2D eigenvalue weighted by molar-refractivity contribution is -0.114. The molecule has 0 spiro atoms. The molecule has 0 saturated carbocycles. The topological polar surface area (TPSA) is 50.4 Å². The summed E-state index contributed by atoms with van der Waals surface area (Å²) in [5, 5.41) is 6.06. The van der Waals surface area contributed by atoms with Crippen molar-refractivity contribution in [1.82, 2.24) is 0 Å². The van der Waals surface area contributed by atoms with E-state index in [4.69, 9.17) is 4.74 Å². The Labute approximate surface area is 131 Å². The fraction of sp³-hybridized carbons (Fsp3) is 0.278. The van der Waals surface area contributed by atoms with Crippen LogP contribution in [0.3, 0.4) is 0 Å². The van der Waals surface area contributed by atoms with E-state index >= 15 is 0 Å². The maximum absolute atomic E-state index is 12.0. The minimum absolute atomic E-state index is 0.0770. The standard InChI is InChI=1S/C18H22N2O2/c1-4-22-16-10-8-15(9-11-16)20-17(21)12-19-18-13(2)6-5-7-14(18)3/h5-11,19H,4,12H2,1-3H3,(H,20,21). The fourth-order valence-electron chi connectivity index (χ4n) is 2.27. The van der Waals surface area contributed by atoms with Crippen LogP contribution < -0.4 is 15.4 Å². The van der Waals surface area contributed by atoms with Crippen molar-refractivity contribution in [3.8, 4) is 5.75 Å². The molecule has 0 aliphatic heterocycles. The number of ether oxygens (including phenoxy) is 1. The van der Waals surface area contributed by atoms with Crippen LogP contribution in [0.15, 0.2) is 42.5 Å². The zero-order valence-corrected chi connectivity index (χ0v) is 13.3. The molecular formula is C18H22N2O2. The van der Waals surface area contributed by atoms with Crippen molar-refractivity contribution in [3.63, 3.8) is 0 Å². The number of aryl methyl sites for hydroxylation is 2. The number of hydrogen-bond donors (Lipinski definition) is 2. The molecule has 0 atom stereocenters. The molecule has 0 aliphatic rings. The number of hydrogen-bond acceptors (Lipinski definition) is 3. The Balaban J connectivity index is 1.90. The molecule has 0 saturated heterocycles. The van der Waals surface area contributed by atoms with Crippen molar-refractivity contribution in [2.75, 3.05) is 23.8 Å². The van der Waals surface area contributed by atoms with Crippen LogP contribution in [0.1, 0.15) is 18.1 Å². The monoisotopic (exact) mass is 298 g/mol. The van der Waals surface area contributed by atoms with Gasteiger partial charge in [0.1, 0.15) is 5.75 Å². The lowest BCUT2D eigenvalue weighted by Gasteiger charge is -2.12. The van der Waals surface area contributed by atoms with Gasteiger partial charge in [-0.05, 0) is 56.2 Å². The van der Waals surface area contributed by atoms with Crippen LogP contribution in [0, 0.1) is 13.8 Å². The van der Waals surface area contributed by atoms with Crippen molar-refractivity contribution >= 4 is 17.3 Å². The molecule has 2 rings (SSSR count). The normalized spacial score (nSPS) is 10.1. The Kier molecular flexibility index (Phi) is 5.42. The van der Waals surface area contributed by atoms with E-state index in [2.05, 4.69) is 10.6 Å². The van der Waals surface area contributed by atoms with Crippen LogP contribution in [0.4, 0.5) is 11.4 Å². The second kappa shape index (κ2) is 7.50. The molecule has 0 aromatic heterocycles. The maximum atomic E-state index is 12.0. The maximum Gasteiger partial charge on any atom is 0.243 e. The summed E-state index contributed by atoms with van der Waals surface area (Å²) in [6, 6.07) is 13.4. The quantitative estimate of drug-likeness (QED) is 0.854. The lowest BCUT2D eigenvalue weighted by Crippen LogP contribution is -2.22. The summed E-state index contributed by atoms with van der Waals surface area (Å²) in [7, 11) is 0. The second-order valence-corrected chi connectivity index (χ2v) is 5.13. The predicted molar refractivity (Wildman–Crippen MR) is 90.6 cm³/mol. The molecule has 0 unspecified atom stereocenters. The molecule has 0 fully saturated rings. The summed E-state index contributed by atoms with van der Waals surface area (Å²) in [6.45, 7) is 6.86. The van der Waals surface area contributed by atoms with Crippen LogP contribution in [-0.4, -0.2) is 19.1 Å². The first-order valence-corrected chi connectivity index (χ1v) is 7.43. The first-order valence-electron chi connectivity index (χ1n) is 7.43. The minimum Gasteiger partial charge on any atom is -0.494 e. The number of nitrogens with one attached hydrogen (secondary N) is 2. The van der Waals surface area contributed by atoms with Gasteiger partial charge in [-0.25, -0.2) is 0 Å². The zero-order chi connectivity index (χ0) is 15.9. The first kappa shape index (κ1) is 15.9. The highest BCUT2D eigenvalue weighted by Gasteiger charge is 2.06. The fourth-order valence-corrected chi connectivity index (χ4v) is 2.27. The summed E-state index contributed by atoms with van der Waals surface area (Å²) in [5.74, 6) is 0.723. The molecule has 4 nitrogen and oxygen atoms in total. The van der Waals surface area contributed by atoms with Crippen LogP contribution in [-0.2, 0) is 4.79 Å². The van der Waals surface area contributed by atoms with Crippen molar-refractivity contribution < 1.29 is 9.53 Å². The van der Waals surface area contributed by atoms with Crippen LogP contribution >= 0.6 is 0 Å². The van der Waals surface area contributed by atoms with E-state index in [1.807, 2.05) is 63.2 Å². The largest absolute Gasteiger partial charge is 0.494 e. The predicted octanol–water partition coefficient (Wildman–Crippen LogP) is 3.75. The van der Waals surface area contributed by atoms with Gasteiger partial charge in [-0.15, -0.1) is 0 Å². The molecule has 0 aliphatic carbocycles. The SMILES string of the molecule is CCOc1ccc(NC(=O)CNc2c(C)cccc2C)cc1. The van der Waals surface area contributed by atoms with E-state index in [1.54, 1.807) is 0 Å². The molecule has 0 bridgehead atoms. The van der Waals surface area contributed by atoms with E-state index < -0.39 is 0 Å². The van der Waals surface area contributed by atoms with Gasteiger partial charge in [-0.3, -0.25) is 4.79 Å². The lowest BCUT2D eigenvalue weighted by atomic mass is 10.1. The van der Waals surface area contributed by atoms with E-state index in [1.165, 1.54) is 0 Å². The number of benzene rings is 2. The molecule has 4 heteroatoms. The third kappa shape index (κ3) is 4.25. The zero-order valence-electron chi connectivity index (χ0n) is 13.3. The van der Waals surface area contributed by atoms with Gasteiger partial charge in [0.2, 0.25) is 5.91 Å². The summed E-state index contributed by atoms with van der Waals surface area (Å²) in [5.41, 5.74) is 4.05. The van der Waals surface area contributed by atoms with Gasteiger partial charge >= 0.3 is 0 Å². The molecule has 2 N–H and O–H groups in total. The number of anilines is 2. The van der Waals surface area contributed by atoms with Gasteiger partial charge in [-0.1, -0.05) is 18.2 Å². The van der Waals surface area contributed by atoms with Gasteiger partial charge in [0, 0.05) is 11.4 Å². The van der Waals surface area contributed by atoms with Gasteiger partial charge < -0.3 is 15.4 Å². The average Bonchev–Trinajstić information content (AvgIpc) is 2.49. The number of para-hydroxylation sites is 1. The first-order chi connectivity index (χ1) is 10.6. The highest BCUT2D eigenvalue weighted by Crippen LogP contribution is 2.19. The highest BCUT2D eigenvalue weighted by molar-refractivity contribution is 5.94. The van der Waals surface area contributed by atoms with Gasteiger partial charge in [0.05, 0.1) is 13.2 Å². The summed E-state index contributed by atoms with van der Waals surface area (Å²) in [6.07, 6.45) is 0. The summed E-state index contributed by atoms with van der Waals surface area (Å²) < 4.78 is 5.37. The number of amides is 1. The Morgan fingerprint density at radius 3 is 2.27 bits per heavy atom. The van der Waals surface area contributed by atoms with Crippen molar-refractivity contribution in [2.45, 2.75) is 20.8 Å². The van der Waals surface area contributed by atoms with E-state index in [0.717, 1.165) is 28.3 Å². The van der Waals surface area contributed by atoms with Crippen molar-refractivity contribution in [2.24, 2.45) is 0 Å². The van der Waals surface area contributed by atoms with Crippen LogP contribution in [0.2, 0.25) is 0 Å². The molecule has 1 amide bonds. The number of carbonyl (C=O) groups is 1. The summed E-state index contributed by atoms with van der Waals surface area (Å²) in [4.78, 5) is 12.0. The summed E-state index contributed by atoms with van der Waals surface area (Å²) >= 11 is 0. The van der Waals surface area contributed by atoms with Gasteiger partial charge in [-0.2, -0.15) is 0 Å². The molecule has 0 radical (unpaired) electrons. The third-order valence-electron chi connectivity index (χ3n) is 3.36. The molecule has 2 aromatic carbocycles. The molecule has 0 heterocycles. The molecule has 116 valence electrons. The number of rotatable bonds is 6. The Morgan fingerprint density at radius 2 is 1.68 bits per heavy atom. The number of carbonyl (C=O) groups excluding carboxylic acids is 1. The van der Waals surface area contributed by atoms with E-state index in [-0.39, 0.29) is 12.5 Å². The van der Waals surface area contributed by atoms with Crippen molar-refractivity contribution in [3.05, 3.63) is 53.6 Å². The smallest absolute Gasteiger partial charge is 0.243 e. The van der Waals surface area contributed by atoms with Gasteiger partial charge in [0.15, 0.2) is 0 Å². The van der Waals surface area contributed by atoms with E-state index in [9.17, 15) is 4.79 Å². The van der Waals surface area contributed by atoms with Crippen LogP contribution in [0.5, 0.6) is 5.75 Å². The van der Waals surface area contributed by atoms with E-state index in [0.29, 0.717) is 6.61 Å². The van der Waals surface area contributed by atoms with Crippen molar-refractivity contribution in [1.29, 1.82) is 0 Å². The Hall–Kier alpha value is -2.49. The minimum atomic E-state index is -0.0770. The highest BCUT2D eigenvalue weighted by atomic mass is 16.5. The molecule has 2 aromatic rings. The van der Waals surface area contributed by atoms with Gasteiger partial charge in [0.25, 0.3) is 0 Å². The second-order valence-electron chi connectivity index (χ2n) is 5.13.